The molecule has 0 saturated carbocycles. The Hall–Kier alpha value is -1.28. The summed E-state index contributed by atoms with van der Waals surface area (Å²) in [6.07, 6.45) is -0.0812. The van der Waals surface area contributed by atoms with Gasteiger partial charge in [-0.1, -0.05) is 36.4 Å². The van der Waals surface area contributed by atoms with Gasteiger partial charge >= 0.3 is 0 Å². The van der Waals surface area contributed by atoms with Crippen LogP contribution in [0, 0.1) is 6.92 Å². The summed E-state index contributed by atoms with van der Waals surface area (Å²) in [5.74, 6) is 0.596. The smallest absolute Gasteiger partial charge is 0.0913 e. The van der Waals surface area contributed by atoms with Crippen LogP contribution in [0.1, 0.15) is 23.7 Å². The van der Waals surface area contributed by atoms with Crippen LogP contribution in [-0.4, -0.2) is 12.2 Å². The van der Waals surface area contributed by atoms with E-state index in [1.807, 2.05) is 31.2 Å². The zero-order chi connectivity index (χ0) is 10.6. The largest absolute Gasteiger partial charge is 0.502 e. The van der Waals surface area contributed by atoms with Crippen molar-refractivity contribution in [2.24, 2.45) is 0 Å². The molecule has 0 aliphatic carbocycles. The average Bonchev–Trinajstić information content (AvgIpc) is 2.17. The Labute approximate surface area is 84.8 Å². The number of aliphatic hydroxyl groups is 1. The highest BCUT2D eigenvalue weighted by Gasteiger charge is 2.09. The van der Waals surface area contributed by atoms with Gasteiger partial charge in [0.1, 0.15) is 0 Å². The molecule has 0 aliphatic rings. The van der Waals surface area contributed by atoms with E-state index in [0.29, 0.717) is 12.2 Å². The summed E-state index contributed by atoms with van der Waals surface area (Å²) in [4.78, 5) is 0. The quantitative estimate of drug-likeness (QED) is 0.743. The van der Waals surface area contributed by atoms with Crippen molar-refractivity contribution in [2.75, 3.05) is 7.11 Å². The first-order valence-corrected chi connectivity index (χ1v) is 4.60. The Balaban J connectivity index is 2.69. The standard InChI is InChI=1S/C12H16O2/c1-9-5-4-6-11(7-9)12(13)8-10(2)14-3/h4-7,12-13H,2,8H2,1,3H3/t12-/m0/s1. The van der Waals surface area contributed by atoms with E-state index in [1.165, 1.54) is 0 Å². The molecular formula is C12H16O2. The highest BCUT2D eigenvalue weighted by Crippen LogP contribution is 2.20. The molecule has 0 aliphatic heterocycles. The molecule has 0 unspecified atom stereocenters. The second-order valence-corrected chi connectivity index (χ2v) is 3.38. The lowest BCUT2D eigenvalue weighted by Crippen LogP contribution is -2.00. The number of methoxy groups -OCH3 is 1. The SMILES string of the molecule is C=C(C[C@H](O)c1cccc(C)c1)OC. The van der Waals surface area contributed by atoms with E-state index in [0.717, 1.165) is 11.1 Å². The summed E-state index contributed by atoms with van der Waals surface area (Å²) in [5.41, 5.74) is 2.05. The molecule has 76 valence electrons. The number of aryl methyl sites for hydroxylation is 1. The summed E-state index contributed by atoms with van der Waals surface area (Å²) < 4.78 is 4.92. The second kappa shape index (κ2) is 4.82. The van der Waals surface area contributed by atoms with E-state index in [2.05, 4.69) is 6.58 Å². The average molecular weight is 192 g/mol. The minimum Gasteiger partial charge on any atom is -0.502 e. The van der Waals surface area contributed by atoms with Crippen molar-refractivity contribution in [3.05, 3.63) is 47.7 Å². The maximum absolute atomic E-state index is 9.81. The fourth-order valence-electron chi connectivity index (χ4n) is 1.29. The third kappa shape index (κ3) is 2.89. The molecule has 0 aromatic heterocycles. The van der Waals surface area contributed by atoms with Crippen molar-refractivity contribution >= 4 is 0 Å². The predicted octanol–water partition coefficient (Wildman–Crippen LogP) is 2.58. The minimum absolute atomic E-state index is 0.444. The highest BCUT2D eigenvalue weighted by molar-refractivity contribution is 5.24. The number of rotatable bonds is 4. The van der Waals surface area contributed by atoms with E-state index < -0.39 is 6.10 Å². The molecule has 1 N–H and O–H groups in total. The molecule has 0 saturated heterocycles. The van der Waals surface area contributed by atoms with Gasteiger partial charge in [0.2, 0.25) is 0 Å². The van der Waals surface area contributed by atoms with E-state index in [4.69, 9.17) is 4.74 Å². The van der Waals surface area contributed by atoms with Crippen molar-refractivity contribution in [1.82, 2.24) is 0 Å². The second-order valence-electron chi connectivity index (χ2n) is 3.38. The maximum Gasteiger partial charge on any atom is 0.0913 e. The monoisotopic (exact) mass is 192 g/mol. The van der Waals surface area contributed by atoms with Gasteiger partial charge in [0.05, 0.1) is 19.0 Å². The maximum atomic E-state index is 9.81. The summed E-state index contributed by atoms with van der Waals surface area (Å²) >= 11 is 0. The molecular weight excluding hydrogens is 176 g/mol. The zero-order valence-corrected chi connectivity index (χ0v) is 8.66. The molecule has 1 rings (SSSR count). The van der Waals surface area contributed by atoms with Crippen LogP contribution < -0.4 is 0 Å². The minimum atomic E-state index is -0.526. The van der Waals surface area contributed by atoms with Gasteiger partial charge in [-0.05, 0) is 12.5 Å². The van der Waals surface area contributed by atoms with Crippen LogP contribution in [0.2, 0.25) is 0 Å². The highest BCUT2D eigenvalue weighted by atomic mass is 16.5. The van der Waals surface area contributed by atoms with Crippen molar-refractivity contribution in [3.63, 3.8) is 0 Å². The van der Waals surface area contributed by atoms with Crippen LogP contribution in [0.3, 0.4) is 0 Å². The van der Waals surface area contributed by atoms with Gasteiger partial charge in [0.15, 0.2) is 0 Å². The van der Waals surface area contributed by atoms with Gasteiger partial charge in [0.25, 0.3) is 0 Å². The molecule has 2 nitrogen and oxygen atoms in total. The van der Waals surface area contributed by atoms with Crippen molar-refractivity contribution in [1.29, 1.82) is 0 Å². The van der Waals surface area contributed by atoms with Crippen molar-refractivity contribution in [2.45, 2.75) is 19.4 Å². The number of aliphatic hydroxyl groups excluding tert-OH is 1. The molecule has 0 fully saturated rings. The van der Waals surface area contributed by atoms with Gasteiger partial charge in [-0.15, -0.1) is 0 Å². The molecule has 0 spiro atoms. The van der Waals surface area contributed by atoms with Crippen LogP contribution in [0.4, 0.5) is 0 Å². The first-order valence-electron chi connectivity index (χ1n) is 4.60. The predicted molar refractivity (Wildman–Crippen MR) is 56.9 cm³/mol. The Morgan fingerprint density at radius 1 is 1.57 bits per heavy atom. The van der Waals surface area contributed by atoms with Crippen molar-refractivity contribution in [3.8, 4) is 0 Å². The van der Waals surface area contributed by atoms with Crippen LogP contribution in [0.5, 0.6) is 0 Å². The molecule has 0 bridgehead atoms. The van der Waals surface area contributed by atoms with Gasteiger partial charge < -0.3 is 9.84 Å². The normalized spacial score (nSPS) is 12.2. The third-order valence-corrected chi connectivity index (χ3v) is 2.14. The van der Waals surface area contributed by atoms with E-state index in [-0.39, 0.29) is 0 Å². The fourth-order valence-corrected chi connectivity index (χ4v) is 1.29. The van der Waals surface area contributed by atoms with Gasteiger partial charge in [-0.3, -0.25) is 0 Å². The topological polar surface area (TPSA) is 29.5 Å². The van der Waals surface area contributed by atoms with Crippen molar-refractivity contribution < 1.29 is 9.84 Å². The molecule has 0 amide bonds. The van der Waals surface area contributed by atoms with Crippen LogP contribution >= 0.6 is 0 Å². The fraction of sp³-hybridized carbons (Fsp3) is 0.333. The Bertz CT molecular complexity index is 318. The summed E-state index contributed by atoms with van der Waals surface area (Å²) in [7, 11) is 1.56. The van der Waals surface area contributed by atoms with E-state index in [1.54, 1.807) is 7.11 Å². The first kappa shape index (κ1) is 10.8. The summed E-state index contributed by atoms with van der Waals surface area (Å²) in [6.45, 7) is 5.68. The molecule has 1 aromatic carbocycles. The molecule has 0 radical (unpaired) electrons. The van der Waals surface area contributed by atoms with Crippen LogP contribution in [0.15, 0.2) is 36.6 Å². The zero-order valence-electron chi connectivity index (χ0n) is 8.66. The van der Waals surface area contributed by atoms with Gasteiger partial charge in [-0.25, -0.2) is 0 Å². The van der Waals surface area contributed by atoms with Crippen LogP contribution in [0.25, 0.3) is 0 Å². The molecule has 1 atom stereocenters. The summed E-state index contributed by atoms with van der Waals surface area (Å²) in [5, 5.41) is 9.81. The van der Waals surface area contributed by atoms with Gasteiger partial charge in [0, 0.05) is 6.42 Å². The Kier molecular flexibility index (Phi) is 3.72. The molecule has 2 heteroatoms. The number of hydrogen-bond donors (Lipinski definition) is 1. The number of benzene rings is 1. The molecule has 0 heterocycles. The van der Waals surface area contributed by atoms with Gasteiger partial charge in [-0.2, -0.15) is 0 Å². The van der Waals surface area contributed by atoms with E-state index in [9.17, 15) is 5.11 Å². The number of hydrogen-bond acceptors (Lipinski definition) is 2. The third-order valence-electron chi connectivity index (χ3n) is 2.14. The lowest BCUT2D eigenvalue weighted by Gasteiger charge is -2.12. The van der Waals surface area contributed by atoms with E-state index >= 15 is 0 Å². The Morgan fingerprint density at radius 2 is 2.29 bits per heavy atom. The lowest BCUT2D eigenvalue weighted by molar-refractivity contribution is 0.149. The van der Waals surface area contributed by atoms with Crippen LogP contribution in [-0.2, 0) is 4.74 Å². The Morgan fingerprint density at radius 3 is 2.86 bits per heavy atom. The lowest BCUT2D eigenvalue weighted by atomic mass is 10.0. The molecule has 1 aromatic rings. The summed E-state index contributed by atoms with van der Waals surface area (Å²) in [6, 6.07) is 7.80. The molecule has 14 heavy (non-hydrogen) atoms. The first-order chi connectivity index (χ1) is 6.63. The number of ether oxygens (including phenoxy) is 1.